The van der Waals surface area contributed by atoms with Crippen LogP contribution in [0.4, 0.5) is 4.39 Å². The fraction of sp³-hybridized carbons (Fsp3) is 0.688. The zero-order valence-electron chi connectivity index (χ0n) is 13.1. The first kappa shape index (κ1) is 16.2. The predicted octanol–water partition coefficient (Wildman–Crippen LogP) is 2.44. The van der Waals surface area contributed by atoms with Gasteiger partial charge in [-0.15, -0.1) is 0 Å². The zero-order valence-corrected chi connectivity index (χ0v) is 13.1. The molecule has 0 aromatic carbocycles. The van der Waals surface area contributed by atoms with Crippen molar-refractivity contribution in [2.75, 3.05) is 32.8 Å². The van der Waals surface area contributed by atoms with Crippen molar-refractivity contribution < 1.29 is 9.13 Å². The van der Waals surface area contributed by atoms with Crippen LogP contribution in [0.2, 0.25) is 0 Å². The smallest absolute Gasteiger partial charge is 0.250 e. The third-order valence-electron chi connectivity index (χ3n) is 3.65. The highest BCUT2D eigenvalue weighted by molar-refractivity contribution is 5.23. The molecule has 1 N–H and O–H groups in total. The van der Waals surface area contributed by atoms with Crippen LogP contribution in [0.1, 0.15) is 32.3 Å². The van der Waals surface area contributed by atoms with Gasteiger partial charge in [-0.25, -0.2) is 9.37 Å². The van der Waals surface area contributed by atoms with Crippen LogP contribution in [0.3, 0.4) is 0 Å². The van der Waals surface area contributed by atoms with E-state index in [1.165, 1.54) is 12.8 Å². The summed E-state index contributed by atoms with van der Waals surface area (Å²) in [6, 6.07) is 1.70. The molecule has 1 saturated heterocycles. The summed E-state index contributed by atoms with van der Waals surface area (Å²) in [5.74, 6) is 0.333. The molecule has 0 spiro atoms. The highest BCUT2D eigenvalue weighted by Gasteiger charge is 2.13. The maximum atomic E-state index is 14.3. The van der Waals surface area contributed by atoms with Crippen LogP contribution in [0, 0.1) is 11.7 Å². The van der Waals surface area contributed by atoms with Crippen LogP contribution >= 0.6 is 0 Å². The number of likely N-dealkylation sites (tertiary alicyclic amines) is 1. The third kappa shape index (κ3) is 5.25. The molecule has 2 rings (SSSR count). The number of nitrogens with zero attached hydrogens (tertiary/aromatic N) is 2. The van der Waals surface area contributed by atoms with Crippen molar-refractivity contribution in [3.05, 3.63) is 23.6 Å². The molecular formula is C16H26FN3O. The van der Waals surface area contributed by atoms with Gasteiger partial charge in [0.05, 0.1) is 0 Å². The van der Waals surface area contributed by atoms with Gasteiger partial charge in [0.2, 0.25) is 0 Å². The van der Waals surface area contributed by atoms with Crippen LogP contribution in [0.25, 0.3) is 0 Å². The molecule has 1 aliphatic rings. The molecule has 0 amide bonds. The highest BCUT2D eigenvalue weighted by Crippen LogP contribution is 2.17. The Labute approximate surface area is 126 Å². The van der Waals surface area contributed by atoms with Crippen molar-refractivity contribution in [1.82, 2.24) is 15.2 Å². The number of rotatable bonds is 8. The van der Waals surface area contributed by atoms with Crippen molar-refractivity contribution in [2.45, 2.75) is 33.2 Å². The fourth-order valence-corrected chi connectivity index (χ4v) is 2.47. The minimum Gasteiger partial charge on any atom is -0.474 e. The standard InChI is InChI=1S/C16H26FN3O/c1-13(2)11-18-12-14-5-6-19-16(15(14)17)21-10-9-20-7-3-4-8-20/h5-6,13,18H,3-4,7-12H2,1-2H3. The van der Waals surface area contributed by atoms with Crippen LogP contribution < -0.4 is 10.1 Å². The molecular weight excluding hydrogens is 269 g/mol. The molecule has 4 nitrogen and oxygen atoms in total. The predicted molar refractivity (Wildman–Crippen MR) is 81.9 cm³/mol. The van der Waals surface area contributed by atoms with Gasteiger partial charge in [-0.3, -0.25) is 4.90 Å². The van der Waals surface area contributed by atoms with E-state index < -0.39 is 0 Å². The summed E-state index contributed by atoms with van der Waals surface area (Å²) in [5.41, 5.74) is 0.613. The maximum Gasteiger partial charge on any atom is 0.250 e. The summed E-state index contributed by atoms with van der Waals surface area (Å²) in [6.45, 7) is 9.22. The van der Waals surface area contributed by atoms with E-state index in [2.05, 4.69) is 29.0 Å². The summed E-state index contributed by atoms with van der Waals surface area (Å²) >= 11 is 0. The summed E-state index contributed by atoms with van der Waals surface area (Å²) in [7, 11) is 0. The largest absolute Gasteiger partial charge is 0.474 e. The van der Waals surface area contributed by atoms with Gasteiger partial charge in [0.25, 0.3) is 5.88 Å². The molecule has 2 heterocycles. The molecule has 1 aromatic heterocycles. The van der Waals surface area contributed by atoms with Gasteiger partial charge in [0.1, 0.15) is 6.61 Å². The lowest BCUT2D eigenvalue weighted by atomic mass is 10.2. The fourth-order valence-electron chi connectivity index (χ4n) is 2.47. The maximum absolute atomic E-state index is 14.3. The molecule has 1 fully saturated rings. The topological polar surface area (TPSA) is 37.4 Å². The number of aromatic nitrogens is 1. The second-order valence-electron chi connectivity index (χ2n) is 6.01. The average Bonchev–Trinajstić information content (AvgIpc) is 2.95. The first-order chi connectivity index (χ1) is 10.2. The van der Waals surface area contributed by atoms with E-state index in [0.717, 1.165) is 26.2 Å². The minimum absolute atomic E-state index is 0.123. The van der Waals surface area contributed by atoms with Crippen molar-refractivity contribution >= 4 is 0 Å². The Kier molecular flexibility index (Phi) is 6.39. The Morgan fingerprint density at radius 3 is 2.86 bits per heavy atom. The summed E-state index contributed by atoms with van der Waals surface area (Å²) in [6.07, 6.45) is 4.12. The molecule has 5 heteroatoms. The Morgan fingerprint density at radius 2 is 2.14 bits per heavy atom. The third-order valence-corrected chi connectivity index (χ3v) is 3.65. The van der Waals surface area contributed by atoms with Gasteiger partial charge in [0.15, 0.2) is 5.82 Å². The first-order valence-electron chi connectivity index (χ1n) is 7.86. The highest BCUT2D eigenvalue weighted by atomic mass is 19.1. The Morgan fingerprint density at radius 1 is 1.38 bits per heavy atom. The van der Waals surface area contributed by atoms with E-state index in [9.17, 15) is 4.39 Å². The number of nitrogens with one attached hydrogen (secondary N) is 1. The van der Waals surface area contributed by atoms with Gasteiger partial charge in [-0.2, -0.15) is 0 Å². The van der Waals surface area contributed by atoms with Gasteiger partial charge in [-0.05, 0) is 44.5 Å². The quantitative estimate of drug-likeness (QED) is 0.799. The molecule has 21 heavy (non-hydrogen) atoms. The molecule has 1 aliphatic heterocycles. The van der Waals surface area contributed by atoms with E-state index in [1.54, 1.807) is 12.3 Å². The molecule has 0 saturated carbocycles. The SMILES string of the molecule is CC(C)CNCc1ccnc(OCCN2CCCC2)c1F. The summed E-state index contributed by atoms with van der Waals surface area (Å²) < 4.78 is 19.8. The van der Waals surface area contributed by atoms with E-state index in [0.29, 0.717) is 24.6 Å². The Bertz CT molecular complexity index is 434. The minimum atomic E-state index is -0.338. The number of pyridine rings is 1. The van der Waals surface area contributed by atoms with Crippen molar-refractivity contribution in [2.24, 2.45) is 5.92 Å². The summed E-state index contributed by atoms with van der Waals surface area (Å²) in [4.78, 5) is 6.34. The van der Waals surface area contributed by atoms with Crippen LogP contribution in [0.15, 0.2) is 12.3 Å². The van der Waals surface area contributed by atoms with Crippen molar-refractivity contribution in [3.63, 3.8) is 0 Å². The average molecular weight is 295 g/mol. The molecule has 0 unspecified atom stereocenters. The number of hydrogen-bond acceptors (Lipinski definition) is 4. The molecule has 118 valence electrons. The molecule has 0 aliphatic carbocycles. The van der Waals surface area contributed by atoms with E-state index in [1.807, 2.05) is 0 Å². The number of hydrogen-bond donors (Lipinski definition) is 1. The Balaban J connectivity index is 1.81. The Hall–Kier alpha value is -1.20. The monoisotopic (exact) mass is 295 g/mol. The lowest BCUT2D eigenvalue weighted by molar-refractivity contribution is 0.224. The number of halogens is 1. The van der Waals surface area contributed by atoms with Crippen molar-refractivity contribution in [3.8, 4) is 5.88 Å². The van der Waals surface area contributed by atoms with E-state index in [-0.39, 0.29) is 11.7 Å². The van der Waals surface area contributed by atoms with E-state index in [4.69, 9.17) is 4.74 Å². The molecule has 0 bridgehead atoms. The first-order valence-corrected chi connectivity index (χ1v) is 7.86. The van der Waals surface area contributed by atoms with Gasteiger partial charge < -0.3 is 10.1 Å². The lowest BCUT2D eigenvalue weighted by Crippen LogP contribution is -2.25. The number of ether oxygens (including phenoxy) is 1. The second kappa shape index (κ2) is 8.29. The summed E-state index contributed by atoms with van der Waals surface area (Å²) in [5, 5.41) is 3.24. The van der Waals surface area contributed by atoms with Gasteiger partial charge in [-0.1, -0.05) is 13.8 Å². The van der Waals surface area contributed by atoms with Gasteiger partial charge >= 0.3 is 0 Å². The lowest BCUT2D eigenvalue weighted by Gasteiger charge is -2.15. The molecule has 1 aromatic rings. The molecule has 0 radical (unpaired) electrons. The van der Waals surface area contributed by atoms with E-state index >= 15 is 0 Å². The van der Waals surface area contributed by atoms with Crippen molar-refractivity contribution in [1.29, 1.82) is 0 Å². The zero-order chi connectivity index (χ0) is 15.1. The van der Waals surface area contributed by atoms with Gasteiger partial charge in [0, 0.05) is 24.8 Å². The second-order valence-corrected chi connectivity index (χ2v) is 6.01. The van der Waals surface area contributed by atoms with Crippen LogP contribution in [0.5, 0.6) is 5.88 Å². The van der Waals surface area contributed by atoms with Crippen LogP contribution in [-0.2, 0) is 6.54 Å². The van der Waals surface area contributed by atoms with Crippen LogP contribution in [-0.4, -0.2) is 42.7 Å². The normalized spacial score (nSPS) is 15.8. The molecule has 0 atom stereocenters.